The van der Waals surface area contributed by atoms with Gasteiger partial charge < -0.3 is 4.90 Å². The summed E-state index contributed by atoms with van der Waals surface area (Å²) in [6.45, 7) is 5.64. The van der Waals surface area contributed by atoms with E-state index < -0.39 is 0 Å². The number of rotatable bonds is 4. The molecule has 0 aliphatic carbocycles. The molecule has 1 fully saturated rings. The van der Waals surface area contributed by atoms with Crippen molar-refractivity contribution in [1.29, 1.82) is 0 Å². The summed E-state index contributed by atoms with van der Waals surface area (Å²) in [5, 5.41) is 5.78. The first-order chi connectivity index (χ1) is 13.6. The molecule has 0 N–H and O–H groups in total. The fourth-order valence-electron chi connectivity index (χ4n) is 3.64. The molecule has 0 bridgehead atoms. The van der Waals surface area contributed by atoms with Crippen LogP contribution in [-0.4, -0.2) is 56.7 Å². The number of carbonyl (C=O) groups is 1. The lowest BCUT2D eigenvalue weighted by molar-refractivity contribution is -0.133. The molecule has 0 spiro atoms. The molecule has 0 radical (unpaired) electrons. The largest absolute Gasteiger partial charge is 0.339 e. The van der Waals surface area contributed by atoms with E-state index in [1.54, 1.807) is 18.5 Å². The predicted octanol–water partition coefficient (Wildman–Crippen LogP) is 1.44. The Kier molecular flexibility index (Phi) is 5.16. The number of hydrogen-bond acceptors (Lipinski definition) is 5. The van der Waals surface area contributed by atoms with Crippen LogP contribution in [0.5, 0.6) is 0 Å². The Hall–Kier alpha value is -3.06. The van der Waals surface area contributed by atoms with Crippen molar-refractivity contribution in [3.05, 3.63) is 70.4 Å². The van der Waals surface area contributed by atoms with Gasteiger partial charge in [0.25, 0.3) is 5.56 Å². The van der Waals surface area contributed by atoms with Crippen LogP contribution in [0.4, 0.5) is 0 Å². The molecule has 4 rings (SSSR count). The number of pyridine rings is 1. The molecule has 1 aliphatic heterocycles. The normalized spacial score (nSPS) is 15.1. The van der Waals surface area contributed by atoms with Gasteiger partial charge in [-0.1, -0.05) is 18.2 Å². The summed E-state index contributed by atoms with van der Waals surface area (Å²) in [7, 11) is 0. The van der Waals surface area contributed by atoms with Crippen LogP contribution in [0.2, 0.25) is 0 Å². The van der Waals surface area contributed by atoms with E-state index in [1.807, 2.05) is 42.2 Å². The Morgan fingerprint density at radius 2 is 1.68 bits per heavy atom. The van der Waals surface area contributed by atoms with Crippen molar-refractivity contribution in [1.82, 2.24) is 24.6 Å². The highest BCUT2D eigenvalue weighted by Crippen LogP contribution is 2.12. The van der Waals surface area contributed by atoms with Gasteiger partial charge in [0.2, 0.25) is 5.91 Å². The Morgan fingerprint density at radius 3 is 2.39 bits per heavy atom. The van der Waals surface area contributed by atoms with Crippen LogP contribution in [0.3, 0.4) is 0 Å². The Morgan fingerprint density at radius 1 is 1.00 bits per heavy atom. The molecule has 7 nitrogen and oxygen atoms in total. The molecule has 3 aromatic rings. The molecule has 28 heavy (non-hydrogen) atoms. The number of piperazine rings is 1. The Labute approximate surface area is 163 Å². The molecule has 0 atom stereocenters. The first-order valence-corrected chi connectivity index (χ1v) is 9.47. The lowest BCUT2D eigenvalue weighted by atomic mass is 10.1. The van der Waals surface area contributed by atoms with E-state index in [1.165, 1.54) is 10.2 Å². The van der Waals surface area contributed by atoms with Crippen molar-refractivity contribution < 1.29 is 4.79 Å². The summed E-state index contributed by atoms with van der Waals surface area (Å²) in [6.07, 6.45) is 3.59. The summed E-state index contributed by atoms with van der Waals surface area (Å²) in [4.78, 5) is 33.6. The van der Waals surface area contributed by atoms with Crippen molar-refractivity contribution >= 4 is 16.7 Å². The Bertz CT molecular complexity index is 1040. The van der Waals surface area contributed by atoms with Crippen LogP contribution in [0, 0.1) is 6.92 Å². The van der Waals surface area contributed by atoms with Gasteiger partial charge in [-0.3, -0.25) is 19.5 Å². The van der Waals surface area contributed by atoms with E-state index >= 15 is 0 Å². The second-order valence-electron chi connectivity index (χ2n) is 7.11. The summed E-state index contributed by atoms with van der Waals surface area (Å²) < 4.78 is 1.29. The zero-order chi connectivity index (χ0) is 19.5. The highest BCUT2D eigenvalue weighted by Gasteiger charge is 2.22. The lowest BCUT2D eigenvalue weighted by Gasteiger charge is -2.34. The molecule has 0 saturated carbocycles. The van der Waals surface area contributed by atoms with Gasteiger partial charge in [-0.2, -0.15) is 5.10 Å². The van der Waals surface area contributed by atoms with Crippen molar-refractivity contribution in [3.63, 3.8) is 0 Å². The average molecular weight is 377 g/mol. The van der Waals surface area contributed by atoms with Crippen molar-refractivity contribution in [3.8, 4) is 0 Å². The van der Waals surface area contributed by atoms with Gasteiger partial charge in [0.15, 0.2) is 0 Å². The van der Waals surface area contributed by atoms with E-state index in [4.69, 9.17) is 0 Å². The molecule has 1 aliphatic rings. The van der Waals surface area contributed by atoms with Gasteiger partial charge in [0, 0.05) is 50.5 Å². The number of aromatic nitrogens is 3. The molecule has 7 heteroatoms. The quantitative estimate of drug-likeness (QED) is 0.688. The number of benzene rings is 1. The summed E-state index contributed by atoms with van der Waals surface area (Å²) >= 11 is 0. The van der Waals surface area contributed by atoms with Crippen molar-refractivity contribution in [2.75, 3.05) is 26.2 Å². The minimum absolute atomic E-state index is 0.0190. The second-order valence-corrected chi connectivity index (χ2v) is 7.11. The summed E-state index contributed by atoms with van der Waals surface area (Å²) in [6, 6.07) is 11.4. The topological polar surface area (TPSA) is 71.3 Å². The van der Waals surface area contributed by atoms with E-state index in [2.05, 4.69) is 15.0 Å². The van der Waals surface area contributed by atoms with E-state index in [9.17, 15) is 9.59 Å². The third-order valence-corrected chi connectivity index (χ3v) is 5.22. The van der Waals surface area contributed by atoms with Crippen LogP contribution in [-0.2, 0) is 17.9 Å². The molecular formula is C21H23N5O2. The molecule has 3 heterocycles. The standard InChI is InChI=1S/C21H23N5O2/c1-16-18-4-2-3-5-19(18)21(28)26(23-16)15-20(27)25-12-10-24(11-13-25)14-17-6-8-22-9-7-17/h2-9H,10-15H2,1H3. The Balaban J connectivity index is 1.41. The number of fused-ring (bicyclic) bond motifs is 1. The van der Waals surface area contributed by atoms with Crippen LogP contribution in [0.25, 0.3) is 10.8 Å². The number of amides is 1. The van der Waals surface area contributed by atoms with Gasteiger partial charge in [-0.05, 0) is 30.7 Å². The van der Waals surface area contributed by atoms with Gasteiger partial charge in [-0.25, -0.2) is 4.68 Å². The number of aryl methyl sites for hydroxylation is 1. The summed E-state index contributed by atoms with van der Waals surface area (Å²) in [5.74, 6) is -0.0622. The number of carbonyl (C=O) groups excluding carboxylic acids is 1. The maximum Gasteiger partial charge on any atom is 0.275 e. The molecule has 1 amide bonds. The molecule has 2 aromatic heterocycles. The fraction of sp³-hybridized carbons (Fsp3) is 0.333. The average Bonchev–Trinajstić information content (AvgIpc) is 2.73. The highest BCUT2D eigenvalue weighted by atomic mass is 16.2. The molecule has 1 saturated heterocycles. The molecule has 0 unspecified atom stereocenters. The maximum absolute atomic E-state index is 12.7. The highest BCUT2D eigenvalue weighted by molar-refractivity contribution is 5.83. The maximum atomic E-state index is 12.7. The zero-order valence-electron chi connectivity index (χ0n) is 15.9. The monoisotopic (exact) mass is 377 g/mol. The van der Waals surface area contributed by atoms with Crippen molar-refractivity contribution in [2.24, 2.45) is 0 Å². The zero-order valence-corrected chi connectivity index (χ0v) is 15.9. The molecular weight excluding hydrogens is 354 g/mol. The minimum atomic E-state index is -0.217. The van der Waals surface area contributed by atoms with Gasteiger partial charge >= 0.3 is 0 Å². The lowest BCUT2D eigenvalue weighted by Crippen LogP contribution is -2.49. The van der Waals surface area contributed by atoms with Crippen molar-refractivity contribution in [2.45, 2.75) is 20.0 Å². The number of nitrogens with zero attached hydrogens (tertiary/aromatic N) is 5. The van der Waals surface area contributed by atoms with E-state index in [0.717, 1.165) is 30.7 Å². The second kappa shape index (κ2) is 7.90. The first kappa shape index (κ1) is 18.3. The minimum Gasteiger partial charge on any atom is -0.339 e. The van der Waals surface area contributed by atoms with Crippen LogP contribution in [0.1, 0.15) is 11.3 Å². The van der Waals surface area contributed by atoms with Gasteiger partial charge in [0.1, 0.15) is 6.54 Å². The SMILES string of the molecule is Cc1nn(CC(=O)N2CCN(Cc3ccncc3)CC2)c(=O)c2ccccc12. The molecule has 1 aromatic carbocycles. The smallest absolute Gasteiger partial charge is 0.275 e. The fourth-order valence-corrected chi connectivity index (χ4v) is 3.64. The van der Waals surface area contributed by atoms with Gasteiger partial charge in [-0.15, -0.1) is 0 Å². The van der Waals surface area contributed by atoms with Crippen LogP contribution >= 0.6 is 0 Å². The predicted molar refractivity (Wildman–Crippen MR) is 107 cm³/mol. The third kappa shape index (κ3) is 3.80. The third-order valence-electron chi connectivity index (χ3n) is 5.22. The molecule has 144 valence electrons. The number of hydrogen-bond donors (Lipinski definition) is 0. The van der Waals surface area contributed by atoms with Crippen LogP contribution < -0.4 is 5.56 Å². The van der Waals surface area contributed by atoms with E-state index in [0.29, 0.717) is 18.5 Å². The summed E-state index contributed by atoms with van der Waals surface area (Å²) in [5.41, 5.74) is 1.76. The van der Waals surface area contributed by atoms with Crippen LogP contribution in [0.15, 0.2) is 53.6 Å². The van der Waals surface area contributed by atoms with Gasteiger partial charge in [0.05, 0.1) is 11.1 Å². The van der Waals surface area contributed by atoms with E-state index in [-0.39, 0.29) is 18.0 Å². The first-order valence-electron chi connectivity index (χ1n) is 9.47.